The highest BCUT2D eigenvalue weighted by molar-refractivity contribution is 7.89. The van der Waals surface area contributed by atoms with Crippen molar-refractivity contribution in [1.82, 2.24) is 8.87 Å². The van der Waals surface area contributed by atoms with Crippen LogP contribution in [-0.2, 0) is 21.8 Å². The number of rotatable bonds is 3. The van der Waals surface area contributed by atoms with Gasteiger partial charge in [0.05, 0.1) is 27.3 Å². The number of benzene rings is 2. The number of carbonyl (C=O) groups is 1. The third kappa shape index (κ3) is 4.33. The zero-order valence-electron chi connectivity index (χ0n) is 17.3. The monoisotopic (exact) mass is 463 g/mol. The molecule has 1 aliphatic heterocycles. The van der Waals surface area contributed by atoms with Crippen molar-refractivity contribution in [2.24, 2.45) is 12.0 Å². The minimum atomic E-state index is -3.68. The third-order valence-corrected chi connectivity index (χ3v) is 8.03. The lowest BCUT2D eigenvalue weighted by Gasteiger charge is -2.34. The first-order valence-corrected chi connectivity index (χ1v) is 12.0. The Labute approximate surface area is 183 Å². The molecule has 0 spiro atoms. The number of nitrogens with zero attached hydrogens (tertiary/aromatic N) is 3. The van der Waals surface area contributed by atoms with E-state index in [-0.39, 0.29) is 41.6 Å². The lowest BCUT2D eigenvalue weighted by atomic mass is 10.2. The van der Waals surface area contributed by atoms with Gasteiger partial charge in [-0.1, -0.05) is 11.3 Å². The minimum Gasteiger partial charge on any atom is -0.373 e. The van der Waals surface area contributed by atoms with Gasteiger partial charge in [0.1, 0.15) is 5.82 Å². The van der Waals surface area contributed by atoms with Gasteiger partial charge in [0.2, 0.25) is 10.0 Å². The van der Waals surface area contributed by atoms with Crippen LogP contribution in [0.4, 0.5) is 4.39 Å². The maximum atomic E-state index is 13.5. The summed E-state index contributed by atoms with van der Waals surface area (Å²) in [4.78, 5) is 17.3. The van der Waals surface area contributed by atoms with Gasteiger partial charge in [-0.3, -0.25) is 4.79 Å². The molecule has 1 saturated heterocycles. The lowest BCUT2D eigenvalue weighted by molar-refractivity contribution is -0.0440. The van der Waals surface area contributed by atoms with Crippen LogP contribution in [0.2, 0.25) is 0 Å². The maximum Gasteiger partial charge on any atom is 0.279 e. The molecule has 0 radical (unpaired) electrons. The first-order valence-electron chi connectivity index (χ1n) is 9.75. The Hall–Kier alpha value is -2.40. The predicted octanol–water partition coefficient (Wildman–Crippen LogP) is 2.92. The SMILES string of the molecule is C[C@@H]1CN(S(=O)(=O)c2ccc(C(=O)N=c3sc4cc(F)ccc4n3C)cc2)C[C@H](C)O1. The highest BCUT2D eigenvalue weighted by Crippen LogP contribution is 2.22. The molecule has 3 aromatic rings. The summed E-state index contributed by atoms with van der Waals surface area (Å²) in [6, 6.07) is 10.1. The highest BCUT2D eigenvalue weighted by atomic mass is 32.2. The van der Waals surface area contributed by atoms with Gasteiger partial charge < -0.3 is 9.30 Å². The molecule has 1 aliphatic rings. The van der Waals surface area contributed by atoms with Gasteiger partial charge in [0.25, 0.3) is 5.91 Å². The van der Waals surface area contributed by atoms with E-state index in [1.54, 1.807) is 17.7 Å². The summed E-state index contributed by atoms with van der Waals surface area (Å²) in [5.41, 5.74) is 1.04. The van der Waals surface area contributed by atoms with Gasteiger partial charge in [0, 0.05) is 25.7 Å². The highest BCUT2D eigenvalue weighted by Gasteiger charge is 2.32. The van der Waals surface area contributed by atoms with Crippen molar-refractivity contribution < 1.29 is 22.3 Å². The number of hydrogen-bond donors (Lipinski definition) is 0. The van der Waals surface area contributed by atoms with Crippen LogP contribution < -0.4 is 4.80 Å². The van der Waals surface area contributed by atoms with E-state index in [0.717, 1.165) is 5.52 Å². The molecule has 4 rings (SSSR count). The number of thiazole rings is 1. The Morgan fingerprint density at radius 3 is 2.42 bits per heavy atom. The molecule has 31 heavy (non-hydrogen) atoms. The first-order chi connectivity index (χ1) is 14.6. The first kappa shape index (κ1) is 21.8. The quantitative estimate of drug-likeness (QED) is 0.598. The molecular formula is C21H22FN3O4S2. The largest absolute Gasteiger partial charge is 0.373 e. The number of fused-ring (bicyclic) bond motifs is 1. The summed E-state index contributed by atoms with van der Waals surface area (Å²) >= 11 is 1.21. The molecule has 164 valence electrons. The fourth-order valence-electron chi connectivity index (χ4n) is 3.61. The molecule has 2 heterocycles. The summed E-state index contributed by atoms with van der Waals surface area (Å²) in [7, 11) is -1.93. The van der Waals surface area contributed by atoms with E-state index < -0.39 is 15.9 Å². The molecule has 10 heteroatoms. The second-order valence-corrected chi connectivity index (χ2v) is 10.5. The zero-order valence-corrected chi connectivity index (χ0v) is 18.9. The van der Waals surface area contributed by atoms with Crippen molar-refractivity contribution in [3.8, 4) is 0 Å². The van der Waals surface area contributed by atoms with E-state index in [9.17, 15) is 17.6 Å². The fraction of sp³-hybridized carbons (Fsp3) is 0.333. The molecule has 2 atom stereocenters. The summed E-state index contributed by atoms with van der Waals surface area (Å²) in [6.07, 6.45) is -0.373. The number of halogens is 1. The van der Waals surface area contributed by atoms with Gasteiger partial charge in [-0.15, -0.1) is 0 Å². The van der Waals surface area contributed by atoms with Crippen molar-refractivity contribution in [3.63, 3.8) is 0 Å². The standard InChI is InChI=1S/C21H22FN3O4S2/c1-13-11-25(12-14(2)29-13)31(27,28)17-7-4-15(5-8-17)20(26)23-21-24(3)18-9-6-16(22)10-19(18)30-21/h4-10,13-14H,11-12H2,1-3H3/t13-,14+. The minimum absolute atomic E-state index is 0.119. The molecule has 0 N–H and O–H groups in total. The van der Waals surface area contributed by atoms with E-state index >= 15 is 0 Å². The molecule has 1 aromatic heterocycles. The number of aromatic nitrogens is 1. The summed E-state index contributed by atoms with van der Waals surface area (Å²) in [5.74, 6) is -0.853. The van der Waals surface area contributed by atoms with Crippen LogP contribution in [0.15, 0.2) is 52.4 Å². The van der Waals surface area contributed by atoms with Gasteiger partial charge in [-0.25, -0.2) is 12.8 Å². The van der Waals surface area contributed by atoms with Crippen LogP contribution in [-0.4, -0.2) is 48.5 Å². The van der Waals surface area contributed by atoms with E-state index in [2.05, 4.69) is 4.99 Å². The molecule has 1 amide bonds. The molecule has 0 bridgehead atoms. The van der Waals surface area contributed by atoms with Gasteiger partial charge >= 0.3 is 0 Å². The number of aryl methyl sites for hydroxylation is 1. The third-order valence-electron chi connectivity index (χ3n) is 5.09. The smallest absolute Gasteiger partial charge is 0.279 e. The van der Waals surface area contributed by atoms with E-state index in [0.29, 0.717) is 9.50 Å². The normalized spacial score (nSPS) is 21.0. The number of morpholine rings is 1. The van der Waals surface area contributed by atoms with Crippen LogP contribution in [0.3, 0.4) is 0 Å². The topological polar surface area (TPSA) is 81.0 Å². The Bertz CT molecular complexity index is 1300. The maximum absolute atomic E-state index is 13.5. The number of carbonyl (C=O) groups excluding carboxylic acids is 1. The predicted molar refractivity (Wildman–Crippen MR) is 116 cm³/mol. The van der Waals surface area contributed by atoms with Crippen molar-refractivity contribution in [2.45, 2.75) is 31.0 Å². The molecule has 1 fully saturated rings. The van der Waals surface area contributed by atoms with Crippen LogP contribution in [0.5, 0.6) is 0 Å². The fourth-order valence-corrected chi connectivity index (χ4v) is 6.24. The van der Waals surface area contributed by atoms with Crippen molar-refractivity contribution in [2.75, 3.05) is 13.1 Å². The average Bonchev–Trinajstić information content (AvgIpc) is 3.01. The van der Waals surface area contributed by atoms with Crippen LogP contribution in [0, 0.1) is 5.82 Å². The Kier molecular flexibility index (Phi) is 5.82. The zero-order chi connectivity index (χ0) is 22.3. The number of ether oxygens (including phenoxy) is 1. The van der Waals surface area contributed by atoms with E-state index in [4.69, 9.17) is 4.74 Å². The average molecular weight is 464 g/mol. The molecule has 2 aromatic carbocycles. The van der Waals surface area contributed by atoms with Crippen molar-refractivity contribution in [1.29, 1.82) is 0 Å². The summed E-state index contributed by atoms with van der Waals surface area (Å²) in [6.45, 7) is 4.24. The Morgan fingerprint density at radius 2 is 1.77 bits per heavy atom. The van der Waals surface area contributed by atoms with E-state index in [1.165, 1.54) is 52.0 Å². The number of hydrogen-bond acceptors (Lipinski definition) is 5. The van der Waals surface area contributed by atoms with Crippen molar-refractivity contribution >= 4 is 37.5 Å². The van der Waals surface area contributed by atoms with Gasteiger partial charge in [0.15, 0.2) is 4.80 Å². The second kappa shape index (κ2) is 8.27. The van der Waals surface area contributed by atoms with Crippen molar-refractivity contribution in [3.05, 3.63) is 58.6 Å². The summed E-state index contributed by atoms with van der Waals surface area (Å²) in [5, 5.41) is 0. The summed E-state index contributed by atoms with van der Waals surface area (Å²) < 4.78 is 48.8. The van der Waals surface area contributed by atoms with E-state index in [1.807, 2.05) is 13.8 Å². The molecule has 0 unspecified atom stereocenters. The Balaban J connectivity index is 1.60. The van der Waals surface area contributed by atoms with Gasteiger partial charge in [-0.2, -0.15) is 9.30 Å². The molecular weight excluding hydrogens is 441 g/mol. The van der Waals surface area contributed by atoms with Crippen LogP contribution in [0.25, 0.3) is 10.2 Å². The Morgan fingerprint density at radius 1 is 1.13 bits per heavy atom. The number of amides is 1. The van der Waals surface area contributed by atoms with Crippen LogP contribution >= 0.6 is 11.3 Å². The van der Waals surface area contributed by atoms with Gasteiger partial charge in [-0.05, 0) is 56.3 Å². The molecule has 0 saturated carbocycles. The lowest BCUT2D eigenvalue weighted by Crippen LogP contribution is -2.48. The van der Waals surface area contributed by atoms with Crippen LogP contribution in [0.1, 0.15) is 24.2 Å². The molecule has 0 aliphatic carbocycles. The molecule has 7 nitrogen and oxygen atoms in total. The second-order valence-electron chi connectivity index (χ2n) is 7.58. The number of sulfonamides is 1.